The Morgan fingerprint density at radius 3 is 2.16 bits per heavy atom. The van der Waals surface area contributed by atoms with Gasteiger partial charge in [-0.05, 0) is 39.0 Å². The van der Waals surface area contributed by atoms with E-state index in [4.69, 9.17) is 0 Å². The van der Waals surface area contributed by atoms with Crippen LogP contribution in [0.1, 0.15) is 41.5 Å². The number of aromatic nitrogens is 1. The van der Waals surface area contributed by atoms with Crippen molar-refractivity contribution in [1.82, 2.24) is 15.4 Å². The highest BCUT2D eigenvalue weighted by atomic mass is 19.1. The highest BCUT2D eigenvalue weighted by Gasteiger charge is 2.32. The van der Waals surface area contributed by atoms with Crippen molar-refractivity contribution >= 4 is 11.8 Å². The number of nitrogens with one attached hydrogen (secondary N) is 1. The number of pyridine rings is 1. The van der Waals surface area contributed by atoms with E-state index in [1.165, 1.54) is 6.20 Å². The Bertz CT molecular complexity index is 799. The average molecular weight is 351 g/mol. The molecule has 0 spiro atoms. The van der Waals surface area contributed by atoms with Gasteiger partial charge in [0.15, 0.2) is 5.82 Å². The number of halogens is 3. The summed E-state index contributed by atoms with van der Waals surface area (Å²) >= 11 is 0. The molecule has 2 aromatic rings. The van der Waals surface area contributed by atoms with E-state index in [-0.39, 0.29) is 5.56 Å². The molecule has 0 aliphatic rings. The van der Waals surface area contributed by atoms with Crippen molar-refractivity contribution < 1.29 is 22.8 Å². The Hall–Kier alpha value is -2.90. The lowest BCUT2D eigenvalue weighted by Gasteiger charge is -2.35. The molecule has 0 fully saturated rings. The van der Waals surface area contributed by atoms with Crippen LogP contribution < -0.4 is 5.43 Å². The third-order valence-electron chi connectivity index (χ3n) is 3.28. The van der Waals surface area contributed by atoms with Crippen molar-refractivity contribution in [3.63, 3.8) is 0 Å². The fraction of sp³-hybridized carbons (Fsp3) is 0.235. The Kier molecular flexibility index (Phi) is 5.10. The largest absolute Gasteiger partial charge is 0.275 e. The normalized spacial score (nSPS) is 11.1. The highest BCUT2D eigenvalue weighted by Crippen LogP contribution is 2.18. The van der Waals surface area contributed by atoms with Gasteiger partial charge in [0, 0.05) is 6.20 Å². The van der Waals surface area contributed by atoms with Crippen LogP contribution in [-0.2, 0) is 0 Å². The molecule has 1 aromatic heterocycles. The van der Waals surface area contributed by atoms with Crippen molar-refractivity contribution in [2.24, 2.45) is 0 Å². The molecule has 1 aromatic carbocycles. The lowest BCUT2D eigenvalue weighted by molar-refractivity contribution is 0.0351. The van der Waals surface area contributed by atoms with Gasteiger partial charge in [-0.15, -0.1) is 0 Å². The number of carbonyl (C=O) groups is 2. The number of carbonyl (C=O) groups excluding carboxylic acids is 2. The molecular weight excluding hydrogens is 335 g/mol. The van der Waals surface area contributed by atoms with Crippen LogP contribution in [0.5, 0.6) is 0 Å². The van der Waals surface area contributed by atoms with Gasteiger partial charge in [-0.25, -0.2) is 18.2 Å². The molecule has 0 bridgehead atoms. The van der Waals surface area contributed by atoms with Crippen molar-refractivity contribution in [3.8, 4) is 0 Å². The number of rotatable bonds is 2. The predicted molar refractivity (Wildman–Crippen MR) is 83.9 cm³/mol. The van der Waals surface area contributed by atoms with E-state index < -0.39 is 40.4 Å². The van der Waals surface area contributed by atoms with Crippen LogP contribution in [0.25, 0.3) is 0 Å². The molecule has 0 aliphatic carbocycles. The first kappa shape index (κ1) is 18.4. The number of benzene rings is 1. The minimum absolute atomic E-state index is 0.334. The van der Waals surface area contributed by atoms with E-state index in [0.29, 0.717) is 0 Å². The Morgan fingerprint density at radius 1 is 1.04 bits per heavy atom. The summed E-state index contributed by atoms with van der Waals surface area (Å²) in [5, 5.41) is 0.819. The lowest BCUT2D eigenvalue weighted by Crippen LogP contribution is -2.56. The summed E-state index contributed by atoms with van der Waals surface area (Å²) in [6, 6.07) is 4.10. The van der Waals surface area contributed by atoms with E-state index in [1.807, 2.05) is 0 Å². The fourth-order valence-corrected chi connectivity index (χ4v) is 2.06. The molecule has 132 valence electrons. The SMILES string of the molecule is CC(C)(C)N(NC(=O)c1c(F)cccc1F)C(=O)c1ccncc1F. The predicted octanol–water partition coefficient (Wildman–Crippen LogP) is 3.08. The summed E-state index contributed by atoms with van der Waals surface area (Å²) in [5.41, 5.74) is -0.00528. The summed E-state index contributed by atoms with van der Waals surface area (Å²) in [6.45, 7) is 4.71. The molecular formula is C17H16F3N3O2. The molecule has 1 heterocycles. The minimum Gasteiger partial charge on any atom is -0.267 e. The first-order valence-electron chi connectivity index (χ1n) is 7.32. The van der Waals surface area contributed by atoms with Crippen LogP contribution in [0.4, 0.5) is 13.2 Å². The van der Waals surface area contributed by atoms with Crippen LogP contribution in [0.3, 0.4) is 0 Å². The maximum Gasteiger partial charge on any atom is 0.275 e. The second kappa shape index (κ2) is 6.92. The Balaban J connectivity index is 2.38. The summed E-state index contributed by atoms with van der Waals surface area (Å²) in [5.74, 6) is -5.07. The number of hydrazine groups is 1. The van der Waals surface area contributed by atoms with Gasteiger partial charge in [0.05, 0.1) is 17.3 Å². The molecule has 0 saturated carbocycles. The number of amides is 2. The first-order valence-corrected chi connectivity index (χ1v) is 7.32. The Morgan fingerprint density at radius 2 is 1.64 bits per heavy atom. The molecule has 2 amide bonds. The molecule has 5 nitrogen and oxygen atoms in total. The van der Waals surface area contributed by atoms with E-state index in [9.17, 15) is 22.8 Å². The topological polar surface area (TPSA) is 62.3 Å². The number of hydrogen-bond acceptors (Lipinski definition) is 3. The van der Waals surface area contributed by atoms with Gasteiger partial charge in [-0.3, -0.25) is 20.0 Å². The van der Waals surface area contributed by atoms with Crippen molar-refractivity contribution in [3.05, 3.63) is 65.2 Å². The third-order valence-corrected chi connectivity index (χ3v) is 3.28. The zero-order valence-electron chi connectivity index (χ0n) is 13.8. The second-order valence-electron chi connectivity index (χ2n) is 6.20. The van der Waals surface area contributed by atoms with Gasteiger partial charge in [0.1, 0.15) is 17.2 Å². The second-order valence-corrected chi connectivity index (χ2v) is 6.20. The molecule has 0 saturated heterocycles. The molecule has 0 atom stereocenters. The van der Waals surface area contributed by atoms with Gasteiger partial charge in [-0.2, -0.15) is 0 Å². The standard InChI is InChI=1S/C17H16F3N3O2/c1-17(2,3)23(16(25)10-7-8-21-9-13(10)20)22-15(24)14-11(18)5-4-6-12(14)19/h4-9H,1-3H3,(H,22,24). The zero-order valence-corrected chi connectivity index (χ0v) is 13.8. The minimum atomic E-state index is -1.16. The molecule has 25 heavy (non-hydrogen) atoms. The molecule has 0 radical (unpaired) electrons. The van der Waals surface area contributed by atoms with Crippen LogP contribution in [-0.4, -0.2) is 27.3 Å². The van der Waals surface area contributed by atoms with Crippen LogP contribution in [0.2, 0.25) is 0 Å². The van der Waals surface area contributed by atoms with Crippen molar-refractivity contribution in [2.75, 3.05) is 0 Å². The number of nitrogens with zero attached hydrogens (tertiary/aromatic N) is 2. The quantitative estimate of drug-likeness (QED) is 0.846. The Labute approximate surface area is 142 Å². The van der Waals surface area contributed by atoms with Gasteiger partial charge in [-0.1, -0.05) is 6.07 Å². The molecule has 0 unspecified atom stereocenters. The maximum atomic E-state index is 13.8. The van der Waals surface area contributed by atoms with E-state index in [0.717, 1.165) is 35.5 Å². The average Bonchev–Trinajstić information content (AvgIpc) is 2.51. The van der Waals surface area contributed by atoms with E-state index in [2.05, 4.69) is 10.4 Å². The summed E-state index contributed by atoms with van der Waals surface area (Å²) in [7, 11) is 0. The lowest BCUT2D eigenvalue weighted by atomic mass is 10.1. The fourth-order valence-electron chi connectivity index (χ4n) is 2.06. The van der Waals surface area contributed by atoms with Crippen LogP contribution in [0, 0.1) is 17.5 Å². The van der Waals surface area contributed by atoms with Crippen molar-refractivity contribution in [1.29, 1.82) is 0 Å². The number of hydrogen-bond donors (Lipinski definition) is 1. The van der Waals surface area contributed by atoms with E-state index in [1.54, 1.807) is 20.8 Å². The molecule has 0 aliphatic heterocycles. The zero-order chi connectivity index (χ0) is 18.8. The molecule has 8 heteroatoms. The van der Waals surface area contributed by atoms with Crippen LogP contribution >= 0.6 is 0 Å². The first-order chi connectivity index (χ1) is 11.6. The summed E-state index contributed by atoms with van der Waals surface area (Å²) in [6.07, 6.45) is 2.07. The van der Waals surface area contributed by atoms with E-state index >= 15 is 0 Å². The maximum absolute atomic E-state index is 13.8. The monoisotopic (exact) mass is 351 g/mol. The molecule has 1 N–H and O–H groups in total. The smallest absolute Gasteiger partial charge is 0.267 e. The summed E-state index contributed by atoms with van der Waals surface area (Å²) in [4.78, 5) is 28.4. The molecule has 2 rings (SSSR count). The van der Waals surface area contributed by atoms with Crippen LogP contribution in [0.15, 0.2) is 36.7 Å². The van der Waals surface area contributed by atoms with Gasteiger partial charge < -0.3 is 0 Å². The van der Waals surface area contributed by atoms with Gasteiger partial charge in [0.25, 0.3) is 11.8 Å². The third kappa shape index (κ3) is 3.96. The van der Waals surface area contributed by atoms with Crippen molar-refractivity contribution in [2.45, 2.75) is 26.3 Å². The highest BCUT2D eigenvalue weighted by molar-refractivity contribution is 5.99. The summed E-state index contributed by atoms with van der Waals surface area (Å²) < 4.78 is 41.4. The van der Waals surface area contributed by atoms with Gasteiger partial charge >= 0.3 is 0 Å². The van der Waals surface area contributed by atoms with Gasteiger partial charge in [0.2, 0.25) is 0 Å².